The Kier molecular flexibility index (Phi) is 4.19. The van der Waals surface area contributed by atoms with E-state index in [9.17, 15) is 4.79 Å². The molecule has 2 aromatic heterocycles. The Balaban J connectivity index is 1.34. The van der Waals surface area contributed by atoms with Gasteiger partial charge in [0.2, 0.25) is 11.7 Å². The predicted octanol–water partition coefficient (Wildman–Crippen LogP) is 0.795. The summed E-state index contributed by atoms with van der Waals surface area (Å²) < 4.78 is 2.01. The second kappa shape index (κ2) is 6.80. The molecular weight excluding hydrogens is 320 g/mol. The Morgan fingerprint density at radius 2 is 1.80 bits per heavy atom. The van der Waals surface area contributed by atoms with Gasteiger partial charge >= 0.3 is 0 Å². The minimum Gasteiger partial charge on any atom is -0.341 e. The van der Waals surface area contributed by atoms with Crippen molar-refractivity contribution in [2.24, 2.45) is 0 Å². The summed E-state index contributed by atoms with van der Waals surface area (Å²) in [7, 11) is 0. The van der Waals surface area contributed by atoms with Gasteiger partial charge in [-0.1, -0.05) is 30.3 Å². The lowest BCUT2D eigenvalue weighted by Gasteiger charge is -2.32. The summed E-state index contributed by atoms with van der Waals surface area (Å²) in [6.45, 7) is 1.53. The van der Waals surface area contributed by atoms with Crippen molar-refractivity contribution >= 4 is 5.91 Å². The molecule has 1 aliphatic rings. The van der Waals surface area contributed by atoms with Crippen LogP contribution in [-0.4, -0.2) is 58.9 Å². The average molecular weight is 338 g/mol. The Labute approximate surface area is 144 Å². The van der Waals surface area contributed by atoms with Gasteiger partial charge < -0.3 is 9.47 Å². The highest BCUT2D eigenvalue weighted by Gasteiger charge is 2.24. The maximum atomic E-state index is 12.5. The van der Waals surface area contributed by atoms with Crippen LogP contribution in [-0.2, 0) is 11.3 Å². The fourth-order valence-electron chi connectivity index (χ4n) is 3.04. The maximum Gasteiger partial charge on any atom is 0.246 e. The topological polar surface area (TPSA) is 94.6 Å². The number of rotatable bonds is 4. The van der Waals surface area contributed by atoms with Crippen molar-refractivity contribution < 1.29 is 4.79 Å². The maximum absolute atomic E-state index is 12.5. The van der Waals surface area contributed by atoms with Gasteiger partial charge in [0.1, 0.15) is 19.2 Å². The van der Waals surface area contributed by atoms with Crippen LogP contribution in [0.25, 0.3) is 11.4 Å². The number of nitrogens with zero attached hydrogens (tertiary/aromatic N) is 8. The van der Waals surface area contributed by atoms with Gasteiger partial charge in [0.25, 0.3) is 0 Å². The standard InChI is InChI=1S/C16H18N8O/c25-15(22-8-6-14(7-9-22)23-11-17-18-12-23)10-24-20-16(19-21-24)13-4-2-1-3-5-13/h1-5,11-12,14H,6-10H2. The second-order valence-electron chi connectivity index (χ2n) is 6.03. The van der Waals surface area contributed by atoms with Gasteiger partial charge in [-0.15, -0.1) is 20.4 Å². The molecule has 0 N–H and O–H groups in total. The van der Waals surface area contributed by atoms with E-state index in [0.29, 0.717) is 25.0 Å². The van der Waals surface area contributed by atoms with E-state index in [1.165, 1.54) is 4.80 Å². The summed E-state index contributed by atoms with van der Waals surface area (Å²) >= 11 is 0. The first-order valence-corrected chi connectivity index (χ1v) is 8.25. The van der Waals surface area contributed by atoms with Gasteiger partial charge in [-0.3, -0.25) is 4.79 Å². The zero-order valence-corrected chi connectivity index (χ0v) is 13.6. The molecule has 0 atom stereocenters. The number of benzene rings is 1. The minimum absolute atomic E-state index is 0.0132. The molecule has 1 aliphatic heterocycles. The number of aromatic nitrogens is 7. The van der Waals surface area contributed by atoms with Crippen molar-refractivity contribution in [2.45, 2.75) is 25.4 Å². The van der Waals surface area contributed by atoms with Gasteiger partial charge in [0.05, 0.1) is 0 Å². The monoisotopic (exact) mass is 338 g/mol. The number of amides is 1. The minimum atomic E-state index is 0.0132. The van der Waals surface area contributed by atoms with Crippen LogP contribution in [0.1, 0.15) is 18.9 Å². The van der Waals surface area contributed by atoms with Gasteiger partial charge in [-0.25, -0.2) is 0 Å². The lowest BCUT2D eigenvalue weighted by atomic mass is 10.1. The number of piperidine rings is 1. The quantitative estimate of drug-likeness (QED) is 0.698. The number of hydrogen-bond acceptors (Lipinski definition) is 6. The second-order valence-corrected chi connectivity index (χ2v) is 6.03. The fraction of sp³-hybridized carbons (Fsp3) is 0.375. The highest BCUT2D eigenvalue weighted by Crippen LogP contribution is 2.21. The smallest absolute Gasteiger partial charge is 0.246 e. The van der Waals surface area contributed by atoms with Crippen molar-refractivity contribution in [3.05, 3.63) is 43.0 Å². The molecule has 0 aliphatic carbocycles. The molecule has 0 unspecified atom stereocenters. The zero-order chi connectivity index (χ0) is 17.1. The summed E-state index contributed by atoms with van der Waals surface area (Å²) in [5, 5.41) is 20.0. The molecule has 0 saturated carbocycles. The third kappa shape index (κ3) is 3.39. The van der Waals surface area contributed by atoms with E-state index < -0.39 is 0 Å². The molecule has 1 amide bonds. The molecule has 9 nitrogen and oxygen atoms in total. The Hall–Kier alpha value is -3.10. The van der Waals surface area contributed by atoms with Gasteiger partial charge in [0.15, 0.2) is 0 Å². The summed E-state index contributed by atoms with van der Waals surface area (Å²) in [4.78, 5) is 15.7. The van der Waals surface area contributed by atoms with E-state index in [0.717, 1.165) is 18.4 Å². The first kappa shape index (κ1) is 15.4. The van der Waals surface area contributed by atoms with Crippen molar-refractivity contribution in [3.63, 3.8) is 0 Å². The summed E-state index contributed by atoms with van der Waals surface area (Å²) in [6.07, 6.45) is 5.24. The summed E-state index contributed by atoms with van der Waals surface area (Å²) in [5.41, 5.74) is 0.885. The Bertz CT molecular complexity index is 821. The molecule has 1 saturated heterocycles. The number of likely N-dealkylation sites (tertiary alicyclic amines) is 1. The number of tetrazole rings is 1. The van der Waals surface area contributed by atoms with Crippen molar-refractivity contribution in [1.82, 2.24) is 39.9 Å². The van der Waals surface area contributed by atoms with Crippen LogP contribution in [0.2, 0.25) is 0 Å². The lowest BCUT2D eigenvalue weighted by Crippen LogP contribution is -2.40. The molecule has 1 aromatic carbocycles. The lowest BCUT2D eigenvalue weighted by molar-refractivity contribution is -0.133. The first-order valence-electron chi connectivity index (χ1n) is 8.25. The predicted molar refractivity (Wildman–Crippen MR) is 88.1 cm³/mol. The molecule has 0 bridgehead atoms. The zero-order valence-electron chi connectivity index (χ0n) is 13.6. The molecule has 0 spiro atoms. The van der Waals surface area contributed by atoms with Crippen LogP contribution in [0.5, 0.6) is 0 Å². The van der Waals surface area contributed by atoms with Crippen molar-refractivity contribution in [1.29, 1.82) is 0 Å². The van der Waals surface area contributed by atoms with Gasteiger partial charge in [-0.05, 0) is 18.1 Å². The summed E-state index contributed by atoms with van der Waals surface area (Å²) in [6, 6.07) is 9.95. The first-order chi connectivity index (χ1) is 12.3. The number of hydrogen-bond donors (Lipinski definition) is 0. The van der Waals surface area contributed by atoms with Crippen LogP contribution in [0, 0.1) is 0 Å². The molecule has 9 heteroatoms. The van der Waals surface area contributed by atoms with Crippen LogP contribution < -0.4 is 0 Å². The van der Waals surface area contributed by atoms with Crippen LogP contribution in [0.3, 0.4) is 0 Å². The Morgan fingerprint density at radius 3 is 2.52 bits per heavy atom. The molecule has 3 heterocycles. The average Bonchev–Trinajstić information content (AvgIpc) is 3.35. The molecule has 25 heavy (non-hydrogen) atoms. The van der Waals surface area contributed by atoms with E-state index in [2.05, 4.69) is 25.6 Å². The van der Waals surface area contributed by atoms with Crippen LogP contribution in [0.15, 0.2) is 43.0 Å². The van der Waals surface area contributed by atoms with Crippen molar-refractivity contribution in [3.8, 4) is 11.4 Å². The molecule has 4 rings (SSSR count). The van der Waals surface area contributed by atoms with Crippen molar-refractivity contribution in [2.75, 3.05) is 13.1 Å². The van der Waals surface area contributed by atoms with E-state index in [1.54, 1.807) is 12.7 Å². The van der Waals surface area contributed by atoms with Gasteiger partial charge in [-0.2, -0.15) is 4.80 Å². The van der Waals surface area contributed by atoms with Crippen LogP contribution >= 0.6 is 0 Å². The molecule has 128 valence electrons. The number of carbonyl (C=O) groups is 1. The molecule has 0 radical (unpaired) electrons. The van der Waals surface area contributed by atoms with Crippen LogP contribution in [0.4, 0.5) is 0 Å². The van der Waals surface area contributed by atoms with Gasteiger partial charge in [0, 0.05) is 24.7 Å². The normalized spacial score (nSPS) is 15.4. The summed E-state index contributed by atoms with van der Waals surface area (Å²) in [5.74, 6) is 0.541. The number of carbonyl (C=O) groups excluding carboxylic acids is 1. The fourth-order valence-corrected chi connectivity index (χ4v) is 3.04. The highest BCUT2D eigenvalue weighted by atomic mass is 16.2. The largest absolute Gasteiger partial charge is 0.341 e. The SMILES string of the molecule is O=C(Cn1nnc(-c2ccccc2)n1)N1CCC(n2cnnc2)CC1. The third-order valence-corrected chi connectivity index (χ3v) is 4.44. The van der Waals surface area contributed by atoms with E-state index >= 15 is 0 Å². The van der Waals surface area contributed by atoms with E-state index in [1.807, 2.05) is 39.8 Å². The third-order valence-electron chi connectivity index (χ3n) is 4.44. The molecular formula is C16H18N8O. The molecule has 1 fully saturated rings. The van der Waals surface area contributed by atoms with E-state index in [4.69, 9.17) is 0 Å². The molecule has 3 aromatic rings. The van der Waals surface area contributed by atoms with E-state index in [-0.39, 0.29) is 12.5 Å². The Morgan fingerprint density at radius 1 is 1.08 bits per heavy atom. The highest BCUT2D eigenvalue weighted by molar-refractivity contribution is 5.75.